The number of rotatable bonds is 3. The van der Waals surface area contributed by atoms with Gasteiger partial charge in [-0.15, -0.1) is 0 Å². The second-order valence-corrected chi connectivity index (χ2v) is 10.3. The van der Waals surface area contributed by atoms with E-state index >= 15 is 0 Å². The largest absolute Gasteiger partial charge is 0.331 e. The van der Waals surface area contributed by atoms with E-state index in [9.17, 15) is 4.79 Å². The lowest BCUT2D eigenvalue weighted by molar-refractivity contribution is -0.0803. The molecule has 33 heavy (non-hydrogen) atoms. The first kappa shape index (κ1) is 18.3. The Labute approximate surface area is 190 Å². The highest BCUT2D eigenvalue weighted by Crippen LogP contribution is 2.78. The zero-order valence-corrected chi connectivity index (χ0v) is 19.0. The third kappa shape index (κ3) is 1.69. The van der Waals surface area contributed by atoms with Crippen LogP contribution in [0.3, 0.4) is 0 Å². The molecule has 8 rings (SSSR count). The molecule has 4 heterocycles. The van der Waals surface area contributed by atoms with Crippen molar-refractivity contribution >= 4 is 49.9 Å². The average molecular weight is 436 g/mol. The Morgan fingerprint density at radius 2 is 1.76 bits per heavy atom. The van der Waals surface area contributed by atoms with Gasteiger partial charge in [0.1, 0.15) is 6.23 Å². The number of ether oxygens (including phenoxy) is 1. The summed E-state index contributed by atoms with van der Waals surface area (Å²) in [5.41, 5.74) is 6.31. The molecule has 1 N–H and O–H groups in total. The average Bonchev–Trinajstić information content (AvgIpc) is 3.21. The molecule has 3 aromatic carbocycles. The second-order valence-electron chi connectivity index (χ2n) is 10.3. The van der Waals surface area contributed by atoms with E-state index in [-0.39, 0.29) is 17.4 Å². The van der Waals surface area contributed by atoms with Gasteiger partial charge in [-0.25, -0.2) is 0 Å². The van der Waals surface area contributed by atoms with Crippen molar-refractivity contribution in [2.75, 3.05) is 7.05 Å². The van der Waals surface area contributed by atoms with Gasteiger partial charge in [-0.3, -0.25) is 4.79 Å². The van der Waals surface area contributed by atoms with E-state index in [2.05, 4.69) is 76.8 Å². The van der Waals surface area contributed by atoms with Crippen LogP contribution in [-0.4, -0.2) is 22.5 Å². The number of aldehydes is 1. The summed E-state index contributed by atoms with van der Waals surface area (Å²) >= 11 is 0. The van der Waals surface area contributed by atoms with Crippen molar-refractivity contribution in [2.24, 2.45) is 11.3 Å². The minimum absolute atomic E-state index is 0.0369. The lowest BCUT2D eigenvalue weighted by atomic mass is 9.95. The molecule has 5 nitrogen and oxygen atoms in total. The van der Waals surface area contributed by atoms with Crippen molar-refractivity contribution in [1.82, 2.24) is 14.5 Å². The quantitative estimate of drug-likeness (QED) is 0.371. The van der Waals surface area contributed by atoms with E-state index in [0.717, 1.165) is 45.6 Å². The van der Waals surface area contributed by atoms with Crippen LogP contribution in [0.2, 0.25) is 0 Å². The van der Waals surface area contributed by atoms with Crippen LogP contribution in [0.25, 0.3) is 43.6 Å². The maximum absolute atomic E-state index is 12.7. The number of nitrogens with zero attached hydrogens (tertiary/aromatic N) is 2. The normalized spacial score (nSPS) is 29.4. The molecule has 5 heteroatoms. The second kappa shape index (κ2) is 5.49. The topological polar surface area (TPSA) is 48.2 Å². The number of nitrogens with one attached hydrogen (secondary N) is 1. The maximum Gasteiger partial charge on any atom is 0.157 e. The van der Waals surface area contributed by atoms with E-state index in [0.29, 0.717) is 12.5 Å². The monoisotopic (exact) mass is 435 g/mol. The zero-order chi connectivity index (χ0) is 22.3. The van der Waals surface area contributed by atoms with E-state index in [1.165, 1.54) is 21.8 Å². The van der Waals surface area contributed by atoms with Crippen LogP contribution in [0.1, 0.15) is 42.4 Å². The van der Waals surface area contributed by atoms with Gasteiger partial charge in [-0.05, 0) is 24.7 Å². The Hall–Kier alpha value is -3.15. The van der Waals surface area contributed by atoms with Gasteiger partial charge in [-0.1, -0.05) is 50.2 Å². The van der Waals surface area contributed by atoms with E-state index in [1.54, 1.807) is 0 Å². The van der Waals surface area contributed by atoms with Crippen molar-refractivity contribution in [3.05, 3.63) is 59.7 Å². The smallest absolute Gasteiger partial charge is 0.157 e. The van der Waals surface area contributed by atoms with Crippen LogP contribution < -0.4 is 5.32 Å². The Morgan fingerprint density at radius 3 is 2.48 bits per heavy atom. The fourth-order valence-corrected chi connectivity index (χ4v) is 7.62. The molecule has 0 amide bonds. The fourth-order valence-electron chi connectivity index (χ4n) is 7.62. The number of para-hydroxylation sites is 2. The number of hydrogen-bond donors (Lipinski definition) is 1. The molecule has 4 atom stereocenters. The predicted octanol–water partition coefficient (Wildman–Crippen LogP) is 5.68. The molecule has 1 aliphatic carbocycles. The van der Waals surface area contributed by atoms with Crippen LogP contribution in [0.15, 0.2) is 48.5 Å². The van der Waals surface area contributed by atoms with Gasteiger partial charge in [0.25, 0.3) is 0 Å². The predicted molar refractivity (Wildman–Crippen MR) is 131 cm³/mol. The summed E-state index contributed by atoms with van der Waals surface area (Å²) in [5, 5.41) is 7.91. The highest BCUT2D eigenvalue weighted by atomic mass is 16.6. The number of fused-ring (bicyclic) bond motifs is 8. The van der Waals surface area contributed by atoms with Crippen molar-refractivity contribution in [2.45, 2.75) is 38.8 Å². The molecule has 2 aromatic heterocycles. The Balaban J connectivity index is 1.77. The van der Waals surface area contributed by atoms with Crippen LogP contribution in [0, 0.1) is 11.3 Å². The van der Waals surface area contributed by atoms with Crippen LogP contribution in [0.5, 0.6) is 0 Å². The zero-order valence-electron chi connectivity index (χ0n) is 19.0. The number of hydrogen-bond acceptors (Lipinski definition) is 3. The molecule has 5 aromatic rings. The molecule has 0 radical (unpaired) electrons. The van der Waals surface area contributed by atoms with Crippen molar-refractivity contribution < 1.29 is 9.53 Å². The molecular formula is C28H25N3O2. The minimum Gasteiger partial charge on any atom is -0.331 e. The van der Waals surface area contributed by atoms with E-state index in [1.807, 2.05) is 7.05 Å². The van der Waals surface area contributed by atoms with Gasteiger partial charge in [0.05, 0.1) is 22.1 Å². The Morgan fingerprint density at radius 1 is 1.06 bits per heavy atom. The first-order chi connectivity index (χ1) is 16.1. The summed E-state index contributed by atoms with van der Waals surface area (Å²) in [5.74, 6) is 0.421. The van der Waals surface area contributed by atoms with E-state index < -0.39 is 0 Å². The van der Waals surface area contributed by atoms with Gasteiger partial charge >= 0.3 is 0 Å². The molecule has 1 saturated carbocycles. The number of aromatic nitrogens is 2. The van der Waals surface area contributed by atoms with Gasteiger partial charge in [-0.2, -0.15) is 0 Å². The summed E-state index contributed by atoms with van der Waals surface area (Å²) in [4.78, 5) is 12.7. The number of benzene rings is 3. The first-order valence-electron chi connectivity index (χ1n) is 11.9. The summed E-state index contributed by atoms with van der Waals surface area (Å²) in [6.45, 7) is 5.36. The minimum atomic E-state index is -0.355. The third-order valence-corrected chi connectivity index (χ3v) is 9.19. The first-order valence-corrected chi connectivity index (χ1v) is 11.9. The van der Waals surface area contributed by atoms with Crippen molar-refractivity contribution in [3.8, 4) is 0 Å². The Kier molecular flexibility index (Phi) is 3.04. The van der Waals surface area contributed by atoms with Crippen molar-refractivity contribution in [3.63, 3.8) is 0 Å². The van der Waals surface area contributed by atoms with Crippen LogP contribution in [-0.2, 0) is 17.0 Å². The fraction of sp³-hybridized carbons (Fsp3) is 0.321. The summed E-state index contributed by atoms with van der Waals surface area (Å²) in [6, 6.07) is 17.1. The molecule has 164 valence electrons. The summed E-state index contributed by atoms with van der Waals surface area (Å²) < 4.78 is 12.0. The van der Waals surface area contributed by atoms with Gasteiger partial charge in [0.15, 0.2) is 12.0 Å². The lowest BCUT2D eigenvalue weighted by Crippen LogP contribution is -2.23. The standard InChI is InChI=1S/C28H25N3O2/c1-15-27(2)12-22-30-20-10-6-4-8-16(20)24-19(14-32)18(13-29-3)23-17-9-5-7-11-21(17)31(26(23)25(24)30)28(15,27)33-22/h4-11,14-15,22,29H,12-13H2,1-3H3. The summed E-state index contributed by atoms with van der Waals surface area (Å²) in [7, 11) is 1.95. The van der Waals surface area contributed by atoms with Gasteiger partial charge in [0.2, 0.25) is 0 Å². The molecule has 3 aliphatic rings. The molecule has 2 bridgehead atoms. The summed E-state index contributed by atoms with van der Waals surface area (Å²) in [6.07, 6.45) is 2.01. The SMILES string of the molecule is CNCc1c(C=O)c2c3ccccc3n3c2c2c1c1ccccc1n2C12OC3CC1(C)C2C. The Bertz CT molecular complexity index is 1710. The highest BCUT2D eigenvalue weighted by molar-refractivity contribution is 6.28. The molecular weight excluding hydrogens is 410 g/mol. The van der Waals surface area contributed by atoms with E-state index in [4.69, 9.17) is 4.74 Å². The molecule has 1 saturated heterocycles. The lowest BCUT2D eigenvalue weighted by Gasteiger charge is -2.22. The van der Waals surface area contributed by atoms with Crippen LogP contribution >= 0.6 is 0 Å². The maximum atomic E-state index is 12.7. The van der Waals surface area contributed by atoms with Gasteiger partial charge in [0, 0.05) is 51.4 Å². The molecule has 2 aliphatic heterocycles. The molecule has 2 fully saturated rings. The number of carbonyl (C=O) groups is 1. The van der Waals surface area contributed by atoms with Gasteiger partial charge < -0.3 is 19.2 Å². The highest BCUT2D eigenvalue weighted by Gasteiger charge is 2.80. The molecule has 1 spiro atoms. The number of carbonyl (C=O) groups excluding carboxylic acids is 1. The van der Waals surface area contributed by atoms with Crippen molar-refractivity contribution in [1.29, 1.82) is 0 Å². The molecule has 4 unspecified atom stereocenters. The van der Waals surface area contributed by atoms with Crippen LogP contribution in [0.4, 0.5) is 0 Å². The third-order valence-electron chi connectivity index (χ3n) is 9.19.